The Hall–Kier alpha value is -1.77. The second-order valence-electron chi connectivity index (χ2n) is 7.29. The molecule has 1 aliphatic rings. The van der Waals surface area contributed by atoms with Crippen molar-refractivity contribution in [1.82, 2.24) is 15.6 Å². The quantitative estimate of drug-likeness (QED) is 0.309. The molecule has 0 atom stereocenters. The van der Waals surface area contributed by atoms with Gasteiger partial charge in [0.15, 0.2) is 5.96 Å². The van der Waals surface area contributed by atoms with Gasteiger partial charge in [-0.15, -0.1) is 24.0 Å². The third-order valence-electron chi connectivity index (χ3n) is 5.02. The molecule has 1 aromatic heterocycles. The Kier molecular flexibility index (Phi) is 9.76. The average Bonchev–Trinajstić information content (AvgIpc) is 3.31. The number of ether oxygens (including phenoxy) is 1. The highest BCUT2D eigenvalue weighted by Crippen LogP contribution is 2.24. The zero-order valence-electron chi connectivity index (χ0n) is 17.7. The first kappa shape index (κ1) is 23.5. The maximum atomic E-state index is 6.03. The van der Waals surface area contributed by atoms with Crippen LogP contribution in [0.25, 0.3) is 0 Å². The predicted octanol–water partition coefficient (Wildman–Crippen LogP) is 4.53. The van der Waals surface area contributed by atoms with Crippen molar-refractivity contribution >= 4 is 29.9 Å². The van der Waals surface area contributed by atoms with Gasteiger partial charge in [-0.2, -0.15) is 0 Å². The maximum Gasteiger partial charge on any atom is 0.216 e. The molecule has 1 aromatic carbocycles. The summed E-state index contributed by atoms with van der Waals surface area (Å²) in [6.07, 6.45) is 6.28. The van der Waals surface area contributed by atoms with E-state index in [9.17, 15) is 0 Å². The molecule has 1 heterocycles. The number of halogens is 1. The van der Waals surface area contributed by atoms with Gasteiger partial charge in [-0.25, -0.2) is 9.98 Å². The van der Waals surface area contributed by atoms with Crippen molar-refractivity contribution in [2.24, 2.45) is 4.99 Å². The van der Waals surface area contributed by atoms with E-state index in [0.29, 0.717) is 18.5 Å². The van der Waals surface area contributed by atoms with Crippen molar-refractivity contribution in [2.75, 3.05) is 13.1 Å². The van der Waals surface area contributed by atoms with Gasteiger partial charge in [0, 0.05) is 13.1 Å². The highest BCUT2D eigenvalue weighted by molar-refractivity contribution is 14.0. The Labute approximate surface area is 190 Å². The smallest absolute Gasteiger partial charge is 0.216 e. The molecule has 3 rings (SSSR count). The molecule has 0 bridgehead atoms. The van der Waals surface area contributed by atoms with Gasteiger partial charge in [0.2, 0.25) is 5.89 Å². The maximum absolute atomic E-state index is 6.03. The van der Waals surface area contributed by atoms with E-state index < -0.39 is 0 Å². The summed E-state index contributed by atoms with van der Waals surface area (Å²) in [7, 11) is 0. The van der Waals surface area contributed by atoms with E-state index in [4.69, 9.17) is 9.15 Å². The summed E-state index contributed by atoms with van der Waals surface area (Å²) >= 11 is 0. The van der Waals surface area contributed by atoms with Gasteiger partial charge >= 0.3 is 0 Å². The summed E-state index contributed by atoms with van der Waals surface area (Å²) in [5.74, 6) is 3.25. The van der Waals surface area contributed by atoms with Crippen molar-refractivity contribution < 1.29 is 9.15 Å². The van der Waals surface area contributed by atoms with Gasteiger partial charge in [0.05, 0.1) is 11.8 Å². The zero-order valence-corrected chi connectivity index (χ0v) is 20.0. The number of guanidine groups is 1. The molecule has 1 aliphatic carbocycles. The molecule has 6 nitrogen and oxygen atoms in total. The number of aliphatic imine (C=N–C) groups is 1. The van der Waals surface area contributed by atoms with Crippen molar-refractivity contribution in [3.05, 3.63) is 47.2 Å². The van der Waals surface area contributed by atoms with E-state index in [2.05, 4.69) is 51.8 Å². The van der Waals surface area contributed by atoms with Gasteiger partial charge in [-0.3, -0.25) is 0 Å². The van der Waals surface area contributed by atoms with Gasteiger partial charge in [0.25, 0.3) is 0 Å². The SMILES string of the molecule is CCNC(=NCc1nc(C)c(C)o1)NCCc1ccc(OC2CCCC2)cc1.I. The van der Waals surface area contributed by atoms with Gasteiger partial charge in [0.1, 0.15) is 18.1 Å². The first-order valence-corrected chi connectivity index (χ1v) is 10.3. The van der Waals surface area contributed by atoms with Crippen molar-refractivity contribution in [3.8, 4) is 5.75 Å². The zero-order chi connectivity index (χ0) is 19.8. The lowest BCUT2D eigenvalue weighted by Gasteiger charge is -2.14. The lowest BCUT2D eigenvalue weighted by molar-refractivity contribution is 0.210. The molecule has 0 radical (unpaired) electrons. The van der Waals surface area contributed by atoms with Crippen LogP contribution in [0.4, 0.5) is 0 Å². The number of aryl methyl sites for hydroxylation is 2. The topological polar surface area (TPSA) is 71.7 Å². The number of benzene rings is 1. The van der Waals surface area contributed by atoms with Gasteiger partial charge in [-0.05, 0) is 70.6 Å². The summed E-state index contributed by atoms with van der Waals surface area (Å²) in [6.45, 7) is 7.96. The Morgan fingerprint density at radius 1 is 1.17 bits per heavy atom. The highest BCUT2D eigenvalue weighted by Gasteiger charge is 2.16. The van der Waals surface area contributed by atoms with Gasteiger partial charge in [-0.1, -0.05) is 12.1 Å². The van der Waals surface area contributed by atoms with Gasteiger partial charge < -0.3 is 19.8 Å². The summed E-state index contributed by atoms with van der Waals surface area (Å²) in [6, 6.07) is 8.46. The minimum Gasteiger partial charge on any atom is -0.490 e. The largest absolute Gasteiger partial charge is 0.490 e. The van der Waals surface area contributed by atoms with Crippen LogP contribution in [0.2, 0.25) is 0 Å². The van der Waals surface area contributed by atoms with E-state index in [-0.39, 0.29) is 24.0 Å². The van der Waals surface area contributed by atoms with E-state index in [1.165, 1.54) is 31.2 Å². The number of oxazole rings is 1. The first-order valence-electron chi connectivity index (χ1n) is 10.3. The molecule has 7 heteroatoms. The Morgan fingerprint density at radius 3 is 2.52 bits per heavy atom. The van der Waals surface area contributed by atoms with E-state index in [0.717, 1.165) is 42.7 Å². The third-order valence-corrected chi connectivity index (χ3v) is 5.02. The number of hydrogen-bond acceptors (Lipinski definition) is 4. The normalized spacial score (nSPS) is 14.5. The Bertz CT molecular complexity index is 748. The molecule has 2 aromatic rings. The molecule has 1 saturated carbocycles. The van der Waals surface area contributed by atoms with Crippen LogP contribution >= 0.6 is 24.0 Å². The van der Waals surface area contributed by atoms with Crippen LogP contribution in [-0.2, 0) is 13.0 Å². The second-order valence-corrected chi connectivity index (χ2v) is 7.29. The molecule has 160 valence electrons. The number of nitrogens with zero attached hydrogens (tertiary/aromatic N) is 2. The highest BCUT2D eigenvalue weighted by atomic mass is 127. The standard InChI is InChI=1S/C22H32N4O2.HI/c1-4-23-22(25-15-21-26-16(2)17(3)27-21)24-14-13-18-9-11-20(12-10-18)28-19-7-5-6-8-19;/h9-12,19H,4-8,13-15H2,1-3H3,(H2,23,24,25);1H. The summed E-state index contributed by atoms with van der Waals surface area (Å²) < 4.78 is 11.6. The molecule has 1 fully saturated rings. The molecule has 0 aliphatic heterocycles. The number of rotatable bonds is 8. The van der Waals surface area contributed by atoms with Crippen molar-refractivity contribution in [1.29, 1.82) is 0 Å². The molecule has 0 amide bonds. The average molecular weight is 512 g/mol. The number of aromatic nitrogens is 1. The fraction of sp³-hybridized carbons (Fsp3) is 0.545. The minimum absolute atomic E-state index is 0. The fourth-order valence-electron chi connectivity index (χ4n) is 3.35. The summed E-state index contributed by atoms with van der Waals surface area (Å²) in [5, 5.41) is 6.63. The van der Waals surface area contributed by atoms with Crippen LogP contribution in [0.3, 0.4) is 0 Å². The number of nitrogens with one attached hydrogen (secondary N) is 2. The lowest BCUT2D eigenvalue weighted by Crippen LogP contribution is -2.38. The summed E-state index contributed by atoms with van der Waals surface area (Å²) in [4.78, 5) is 8.93. The third kappa shape index (κ3) is 7.53. The van der Waals surface area contributed by atoms with E-state index >= 15 is 0 Å². The van der Waals surface area contributed by atoms with Crippen LogP contribution in [-0.4, -0.2) is 30.1 Å². The van der Waals surface area contributed by atoms with Crippen LogP contribution in [0, 0.1) is 13.8 Å². The fourth-order valence-corrected chi connectivity index (χ4v) is 3.35. The predicted molar refractivity (Wildman–Crippen MR) is 127 cm³/mol. The first-order chi connectivity index (χ1) is 13.6. The monoisotopic (exact) mass is 512 g/mol. The summed E-state index contributed by atoms with van der Waals surface area (Å²) in [5.41, 5.74) is 2.20. The molecular formula is C22H33IN4O2. The van der Waals surface area contributed by atoms with Crippen LogP contribution in [0.5, 0.6) is 5.75 Å². The van der Waals surface area contributed by atoms with E-state index in [1.807, 2.05) is 13.8 Å². The Morgan fingerprint density at radius 2 is 1.90 bits per heavy atom. The second kappa shape index (κ2) is 12.0. The van der Waals surface area contributed by atoms with Crippen molar-refractivity contribution in [3.63, 3.8) is 0 Å². The molecule has 2 N–H and O–H groups in total. The molecule has 29 heavy (non-hydrogen) atoms. The van der Waals surface area contributed by atoms with Crippen LogP contribution < -0.4 is 15.4 Å². The van der Waals surface area contributed by atoms with Crippen molar-refractivity contribution in [2.45, 2.75) is 65.5 Å². The number of hydrogen-bond donors (Lipinski definition) is 2. The molecular weight excluding hydrogens is 479 g/mol. The molecule has 0 unspecified atom stereocenters. The molecule has 0 saturated heterocycles. The lowest BCUT2D eigenvalue weighted by atomic mass is 10.1. The Balaban J connectivity index is 0.00000300. The molecule has 0 spiro atoms. The van der Waals surface area contributed by atoms with Crippen LogP contribution in [0.1, 0.15) is 55.5 Å². The van der Waals surface area contributed by atoms with Crippen LogP contribution in [0.15, 0.2) is 33.7 Å². The minimum atomic E-state index is 0. The van der Waals surface area contributed by atoms with E-state index in [1.54, 1.807) is 0 Å².